The maximum absolute atomic E-state index is 11.2. The topological polar surface area (TPSA) is 70.3 Å². The van der Waals surface area contributed by atoms with Crippen LogP contribution in [0.2, 0.25) is 0 Å². The highest BCUT2D eigenvalue weighted by molar-refractivity contribution is 9.10. The number of ether oxygens (including phenoxy) is 1. The van der Waals surface area contributed by atoms with Gasteiger partial charge in [-0.15, -0.1) is 0 Å². The summed E-state index contributed by atoms with van der Waals surface area (Å²) in [6, 6.07) is 8.40. The van der Waals surface area contributed by atoms with Gasteiger partial charge in [-0.1, -0.05) is 28.1 Å². The smallest absolute Gasteiger partial charge is 0.322 e. The van der Waals surface area contributed by atoms with Gasteiger partial charge < -0.3 is 9.84 Å². The summed E-state index contributed by atoms with van der Waals surface area (Å²) in [6.07, 6.45) is -1.04. The van der Waals surface area contributed by atoms with E-state index in [0.29, 0.717) is 11.1 Å². The highest BCUT2D eigenvalue weighted by atomic mass is 79.9. The van der Waals surface area contributed by atoms with Crippen LogP contribution in [-0.4, -0.2) is 23.0 Å². The third-order valence-electron chi connectivity index (χ3n) is 2.06. The van der Waals surface area contributed by atoms with Gasteiger partial charge in [0, 0.05) is 0 Å². The third-order valence-corrected chi connectivity index (χ3v) is 2.94. The Morgan fingerprint density at radius 3 is 2.88 bits per heavy atom. The zero-order valence-electron chi connectivity index (χ0n) is 8.55. The number of rotatable bonds is 3. The van der Waals surface area contributed by atoms with E-state index in [-0.39, 0.29) is 0 Å². The quantitative estimate of drug-likeness (QED) is 0.675. The summed E-state index contributed by atoms with van der Waals surface area (Å²) in [7, 11) is 1.25. The van der Waals surface area contributed by atoms with Crippen LogP contribution >= 0.6 is 15.9 Å². The Balaban J connectivity index is 2.92. The largest absolute Gasteiger partial charge is 0.468 e. The molecule has 0 aliphatic carbocycles. The molecule has 5 heteroatoms. The predicted molar refractivity (Wildman–Crippen MR) is 60.8 cm³/mol. The SMILES string of the molecule is COC(=O)C(Br)C(O)c1cccc(C#N)c1. The van der Waals surface area contributed by atoms with E-state index in [1.165, 1.54) is 13.2 Å². The number of hydrogen-bond acceptors (Lipinski definition) is 4. The summed E-state index contributed by atoms with van der Waals surface area (Å²) < 4.78 is 4.50. The van der Waals surface area contributed by atoms with E-state index < -0.39 is 16.9 Å². The number of hydrogen-bond donors (Lipinski definition) is 1. The van der Waals surface area contributed by atoms with Crippen LogP contribution in [0.15, 0.2) is 24.3 Å². The molecule has 84 valence electrons. The van der Waals surface area contributed by atoms with Crippen molar-refractivity contribution in [2.75, 3.05) is 7.11 Å². The third kappa shape index (κ3) is 2.81. The summed E-state index contributed by atoms with van der Waals surface area (Å²) in [6.45, 7) is 0. The molecule has 0 heterocycles. The maximum Gasteiger partial charge on any atom is 0.322 e. The summed E-state index contributed by atoms with van der Waals surface area (Å²) in [5.74, 6) is -0.560. The molecule has 4 nitrogen and oxygen atoms in total. The zero-order valence-corrected chi connectivity index (χ0v) is 10.1. The fraction of sp³-hybridized carbons (Fsp3) is 0.273. The van der Waals surface area contributed by atoms with Crippen LogP contribution in [0.1, 0.15) is 17.2 Å². The number of aliphatic hydroxyl groups is 1. The summed E-state index contributed by atoms with van der Waals surface area (Å²) in [5, 5.41) is 18.6. The van der Waals surface area contributed by atoms with Gasteiger partial charge in [0.1, 0.15) is 10.9 Å². The highest BCUT2D eigenvalue weighted by Gasteiger charge is 2.26. The lowest BCUT2D eigenvalue weighted by Gasteiger charge is -2.15. The van der Waals surface area contributed by atoms with Gasteiger partial charge in [0.2, 0.25) is 0 Å². The fourth-order valence-electron chi connectivity index (χ4n) is 1.20. The Kier molecular flexibility index (Phi) is 4.47. The van der Waals surface area contributed by atoms with Crippen molar-refractivity contribution in [3.8, 4) is 6.07 Å². The number of aliphatic hydroxyl groups excluding tert-OH is 1. The van der Waals surface area contributed by atoms with Crippen molar-refractivity contribution >= 4 is 21.9 Å². The van der Waals surface area contributed by atoms with Gasteiger partial charge in [-0.3, -0.25) is 4.79 Å². The van der Waals surface area contributed by atoms with E-state index in [9.17, 15) is 9.90 Å². The number of carbonyl (C=O) groups is 1. The average Bonchev–Trinajstić information content (AvgIpc) is 2.36. The van der Waals surface area contributed by atoms with Crippen LogP contribution in [-0.2, 0) is 9.53 Å². The second kappa shape index (κ2) is 5.64. The number of carbonyl (C=O) groups excluding carboxylic acids is 1. The normalized spacial score (nSPS) is 13.6. The van der Waals surface area contributed by atoms with Gasteiger partial charge >= 0.3 is 5.97 Å². The molecule has 2 atom stereocenters. The van der Waals surface area contributed by atoms with Gasteiger partial charge in [-0.2, -0.15) is 5.26 Å². The molecule has 0 radical (unpaired) electrons. The molecule has 0 bridgehead atoms. The number of benzene rings is 1. The molecule has 0 saturated heterocycles. The second-order valence-electron chi connectivity index (χ2n) is 3.11. The molecule has 0 amide bonds. The van der Waals surface area contributed by atoms with E-state index in [1.807, 2.05) is 6.07 Å². The Bertz CT molecular complexity index is 427. The molecule has 0 aromatic heterocycles. The van der Waals surface area contributed by atoms with E-state index in [1.54, 1.807) is 18.2 Å². The standard InChI is InChI=1S/C11H10BrNO3/c1-16-11(15)9(12)10(14)8-4-2-3-7(5-8)6-13/h2-5,9-10,14H,1H3. The van der Waals surface area contributed by atoms with Crippen molar-refractivity contribution in [2.24, 2.45) is 0 Å². The van der Waals surface area contributed by atoms with E-state index >= 15 is 0 Å². The molecular formula is C11H10BrNO3. The molecule has 1 aromatic carbocycles. The van der Waals surface area contributed by atoms with Crippen LogP contribution in [0.4, 0.5) is 0 Å². The molecule has 0 aliphatic heterocycles. The highest BCUT2D eigenvalue weighted by Crippen LogP contribution is 2.24. The number of methoxy groups -OCH3 is 1. The van der Waals surface area contributed by atoms with Crippen molar-refractivity contribution in [3.05, 3.63) is 35.4 Å². The minimum atomic E-state index is -1.04. The molecule has 16 heavy (non-hydrogen) atoms. The maximum atomic E-state index is 11.2. The molecule has 1 rings (SSSR count). The lowest BCUT2D eigenvalue weighted by molar-refractivity contribution is -0.141. The van der Waals surface area contributed by atoms with Crippen molar-refractivity contribution in [1.29, 1.82) is 5.26 Å². The van der Waals surface area contributed by atoms with E-state index in [2.05, 4.69) is 20.7 Å². The molecule has 0 fully saturated rings. The monoisotopic (exact) mass is 283 g/mol. The van der Waals surface area contributed by atoms with Gasteiger partial charge in [0.05, 0.1) is 18.7 Å². The molecule has 1 aromatic rings. The van der Waals surface area contributed by atoms with E-state index in [4.69, 9.17) is 5.26 Å². The van der Waals surface area contributed by atoms with Gasteiger partial charge in [0.15, 0.2) is 0 Å². The summed E-state index contributed by atoms with van der Waals surface area (Å²) in [5.41, 5.74) is 0.924. The Hall–Kier alpha value is -1.38. The van der Waals surface area contributed by atoms with Crippen LogP contribution < -0.4 is 0 Å². The Labute approximate surface area is 102 Å². The molecule has 2 unspecified atom stereocenters. The van der Waals surface area contributed by atoms with Gasteiger partial charge in [-0.05, 0) is 17.7 Å². The van der Waals surface area contributed by atoms with Crippen molar-refractivity contribution in [2.45, 2.75) is 10.9 Å². The lowest BCUT2D eigenvalue weighted by Crippen LogP contribution is -2.23. The lowest BCUT2D eigenvalue weighted by atomic mass is 10.0. The molecule has 1 N–H and O–H groups in total. The van der Waals surface area contributed by atoms with Crippen LogP contribution in [0, 0.1) is 11.3 Å². The van der Waals surface area contributed by atoms with Crippen LogP contribution in [0.25, 0.3) is 0 Å². The second-order valence-corrected chi connectivity index (χ2v) is 4.09. The van der Waals surface area contributed by atoms with Crippen molar-refractivity contribution in [1.82, 2.24) is 0 Å². The van der Waals surface area contributed by atoms with Gasteiger partial charge in [-0.25, -0.2) is 0 Å². The number of esters is 1. The number of alkyl halides is 1. The Morgan fingerprint density at radius 1 is 1.62 bits per heavy atom. The Morgan fingerprint density at radius 2 is 2.31 bits per heavy atom. The average molecular weight is 284 g/mol. The number of nitriles is 1. The van der Waals surface area contributed by atoms with Gasteiger partial charge in [0.25, 0.3) is 0 Å². The minimum absolute atomic E-state index is 0.432. The zero-order chi connectivity index (χ0) is 12.1. The fourth-order valence-corrected chi connectivity index (χ4v) is 1.69. The first kappa shape index (κ1) is 12.7. The minimum Gasteiger partial charge on any atom is -0.468 e. The first-order valence-electron chi connectivity index (χ1n) is 4.50. The summed E-state index contributed by atoms with van der Waals surface area (Å²) in [4.78, 5) is 10.3. The molecular weight excluding hydrogens is 274 g/mol. The molecule has 0 spiro atoms. The summed E-state index contributed by atoms with van der Waals surface area (Å²) >= 11 is 3.04. The predicted octanol–water partition coefficient (Wildman–Crippen LogP) is 1.53. The first-order chi connectivity index (χ1) is 7.60. The molecule has 0 aliphatic rings. The van der Waals surface area contributed by atoms with Crippen molar-refractivity contribution < 1.29 is 14.6 Å². The van der Waals surface area contributed by atoms with E-state index in [0.717, 1.165) is 0 Å². The van der Waals surface area contributed by atoms with Crippen molar-refractivity contribution in [3.63, 3.8) is 0 Å². The van der Waals surface area contributed by atoms with Crippen LogP contribution in [0.5, 0.6) is 0 Å². The van der Waals surface area contributed by atoms with Crippen LogP contribution in [0.3, 0.4) is 0 Å². The number of nitrogens with zero attached hydrogens (tertiary/aromatic N) is 1. The molecule has 0 saturated carbocycles. The first-order valence-corrected chi connectivity index (χ1v) is 5.41. The number of halogens is 1.